The zero-order chi connectivity index (χ0) is 15.8. The molecule has 0 aliphatic heterocycles. The summed E-state index contributed by atoms with van der Waals surface area (Å²) in [5.41, 5.74) is 1.87. The van der Waals surface area contributed by atoms with Gasteiger partial charge in [0, 0.05) is 6.54 Å². The third-order valence-electron chi connectivity index (χ3n) is 3.06. The van der Waals surface area contributed by atoms with Crippen molar-refractivity contribution in [2.24, 2.45) is 0 Å². The van der Waals surface area contributed by atoms with Crippen molar-refractivity contribution in [1.29, 1.82) is 0 Å². The molecule has 2 rings (SSSR count). The topological polar surface area (TPSA) is 58.2 Å². The van der Waals surface area contributed by atoms with E-state index >= 15 is 0 Å². The maximum absolute atomic E-state index is 12.1. The van der Waals surface area contributed by atoms with E-state index in [1.54, 1.807) is 30.3 Å². The molecular formula is C18H18N2O2. The molecule has 2 amide bonds. The standard InChI is InChI=1S/C18H18N2O2/c1-2-12-19-18(22)15-10-6-7-11-16(15)20-17(21)13-14-8-4-3-5-9-14/h2-11H,1,12-13H2,(H,19,22)(H,20,21). The van der Waals surface area contributed by atoms with E-state index in [1.165, 1.54) is 0 Å². The first-order chi connectivity index (χ1) is 10.7. The Morgan fingerprint density at radius 3 is 2.41 bits per heavy atom. The summed E-state index contributed by atoms with van der Waals surface area (Å²) in [4.78, 5) is 24.2. The van der Waals surface area contributed by atoms with Crippen LogP contribution in [0.2, 0.25) is 0 Å². The highest BCUT2D eigenvalue weighted by Crippen LogP contribution is 2.15. The minimum Gasteiger partial charge on any atom is -0.349 e. The van der Waals surface area contributed by atoms with Gasteiger partial charge in [-0.1, -0.05) is 48.5 Å². The van der Waals surface area contributed by atoms with Crippen molar-refractivity contribution in [1.82, 2.24) is 5.32 Å². The number of nitrogens with one attached hydrogen (secondary N) is 2. The second kappa shape index (κ2) is 7.78. The molecule has 0 atom stereocenters. The average Bonchev–Trinajstić information content (AvgIpc) is 2.54. The Kier molecular flexibility index (Phi) is 5.49. The lowest BCUT2D eigenvalue weighted by Gasteiger charge is -2.11. The summed E-state index contributed by atoms with van der Waals surface area (Å²) in [6.07, 6.45) is 1.87. The molecule has 4 nitrogen and oxygen atoms in total. The van der Waals surface area contributed by atoms with Crippen molar-refractivity contribution < 1.29 is 9.59 Å². The van der Waals surface area contributed by atoms with Gasteiger partial charge in [0.15, 0.2) is 0 Å². The van der Waals surface area contributed by atoms with Gasteiger partial charge in [-0.15, -0.1) is 6.58 Å². The Morgan fingerprint density at radius 2 is 1.68 bits per heavy atom. The van der Waals surface area contributed by atoms with Gasteiger partial charge in [0.05, 0.1) is 17.7 Å². The largest absolute Gasteiger partial charge is 0.349 e. The molecule has 4 heteroatoms. The molecule has 2 aromatic rings. The van der Waals surface area contributed by atoms with Crippen LogP contribution in [0.1, 0.15) is 15.9 Å². The summed E-state index contributed by atoms with van der Waals surface area (Å²) in [7, 11) is 0. The van der Waals surface area contributed by atoms with Gasteiger partial charge in [0.1, 0.15) is 0 Å². The molecule has 112 valence electrons. The molecule has 0 aliphatic carbocycles. The lowest BCUT2D eigenvalue weighted by molar-refractivity contribution is -0.115. The molecule has 0 spiro atoms. The van der Waals surface area contributed by atoms with Crippen LogP contribution in [-0.4, -0.2) is 18.4 Å². The number of carbonyl (C=O) groups excluding carboxylic acids is 2. The first-order valence-corrected chi connectivity index (χ1v) is 7.02. The summed E-state index contributed by atoms with van der Waals surface area (Å²) in [6.45, 7) is 3.94. The molecule has 0 fully saturated rings. The van der Waals surface area contributed by atoms with Crippen LogP contribution in [0.5, 0.6) is 0 Å². The zero-order valence-corrected chi connectivity index (χ0v) is 12.2. The summed E-state index contributed by atoms with van der Waals surface area (Å²) >= 11 is 0. The number of hydrogen-bond acceptors (Lipinski definition) is 2. The minimum atomic E-state index is -0.240. The van der Waals surface area contributed by atoms with Crippen molar-refractivity contribution in [2.45, 2.75) is 6.42 Å². The second-order valence-corrected chi connectivity index (χ2v) is 4.75. The highest BCUT2D eigenvalue weighted by molar-refractivity contribution is 6.04. The SMILES string of the molecule is C=CCNC(=O)c1ccccc1NC(=O)Cc1ccccc1. The maximum Gasteiger partial charge on any atom is 0.253 e. The molecule has 0 saturated heterocycles. The predicted octanol–water partition coefficient (Wildman–Crippen LogP) is 2.78. The quantitative estimate of drug-likeness (QED) is 0.805. The Hall–Kier alpha value is -2.88. The molecule has 2 aromatic carbocycles. The maximum atomic E-state index is 12.1. The highest BCUT2D eigenvalue weighted by Gasteiger charge is 2.12. The van der Waals surface area contributed by atoms with Gasteiger partial charge < -0.3 is 10.6 Å². The Labute approximate surface area is 129 Å². The van der Waals surface area contributed by atoms with E-state index in [0.717, 1.165) is 5.56 Å². The van der Waals surface area contributed by atoms with Crippen LogP contribution in [0.4, 0.5) is 5.69 Å². The molecule has 0 saturated carbocycles. The van der Waals surface area contributed by atoms with E-state index < -0.39 is 0 Å². The predicted molar refractivity (Wildman–Crippen MR) is 87.7 cm³/mol. The summed E-state index contributed by atoms with van der Waals surface area (Å²) in [5, 5.41) is 5.49. The third-order valence-corrected chi connectivity index (χ3v) is 3.06. The van der Waals surface area contributed by atoms with Crippen molar-refractivity contribution in [3.8, 4) is 0 Å². The van der Waals surface area contributed by atoms with Gasteiger partial charge in [0.2, 0.25) is 5.91 Å². The lowest BCUT2D eigenvalue weighted by atomic mass is 10.1. The van der Waals surface area contributed by atoms with E-state index in [2.05, 4.69) is 17.2 Å². The normalized spacial score (nSPS) is 9.82. The van der Waals surface area contributed by atoms with Crippen LogP contribution in [0.3, 0.4) is 0 Å². The molecule has 0 radical (unpaired) electrons. The lowest BCUT2D eigenvalue weighted by Crippen LogP contribution is -2.25. The number of amides is 2. The van der Waals surface area contributed by atoms with Gasteiger partial charge in [-0.25, -0.2) is 0 Å². The number of para-hydroxylation sites is 1. The summed E-state index contributed by atoms with van der Waals surface area (Å²) < 4.78 is 0. The minimum absolute atomic E-state index is 0.157. The van der Waals surface area contributed by atoms with E-state index in [1.807, 2.05) is 30.3 Å². The van der Waals surface area contributed by atoms with Crippen LogP contribution >= 0.6 is 0 Å². The number of rotatable bonds is 6. The van der Waals surface area contributed by atoms with Crippen molar-refractivity contribution in [2.75, 3.05) is 11.9 Å². The van der Waals surface area contributed by atoms with E-state index in [9.17, 15) is 9.59 Å². The molecule has 0 bridgehead atoms. The molecule has 0 unspecified atom stereocenters. The fourth-order valence-corrected chi connectivity index (χ4v) is 2.03. The fourth-order valence-electron chi connectivity index (χ4n) is 2.03. The number of hydrogen-bond donors (Lipinski definition) is 2. The molecule has 0 heterocycles. The van der Waals surface area contributed by atoms with Gasteiger partial charge in [-0.3, -0.25) is 9.59 Å². The Balaban J connectivity index is 2.07. The van der Waals surface area contributed by atoms with Gasteiger partial charge in [0.25, 0.3) is 5.91 Å². The Bertz CT molecular complexity index is 666. The van der Waals surface area contributed by atoms with Crippen molar-refractivity contribution in [3.05, 3.63) is 78.4 Å². The molecule has 22 heavy (non-hydrogen) atoms. The van der Waals surface area contributed by atoms with Crippen LogP contribution in [0.25, 0.3) is 0 Å². The Morgan fingerprint density at radius 1 is 1.00 bits per heavy atom. The number of benzene rings is 2. The van der Waals surface area contributed by atoms with Crippen LogP contribution in [0.15, 0.2) is 67.3 Å². The first kappa shape index (κ1) is 15.5. The molecule has 2 N–H and O–H groups in total. The van der Waals surface area contributed by atoms with E-state index in [4.69, 9.17) is 0 Å². The van der Waals surface area contributed by atoms with Crippen molar-refractivity contribution in [3.63, 3.8) is 0 Å². The molecule has 0 aliphatic rings. The fraction of sp³-hybridized carbons (Fsp3) is 0.111. The van der Waals surface area contributed by atoms with Gasteiger partial charge >= 0.3 is 0 Å². The average molecular weight is 294 g/mol. The van der Waals surface area contributed by atoms with Crippen LogP contribution in [0, 0.1) is 0 Å². The molecule has 0 aromatic heterocycles. The van der Waals surface area contributed by atoms with Crippen molar-refractivity contribution >= 4 is 17.5 Å². The summed E-state index contributed by atoms with van der Waals surface area (Å²) in [6, 6.07) is 16.4. The van der Waals surface area contributed by atoms with Gasteiger partial charge in [-0.2, -0.15) is 0 Å². The van der Waals surface area contributed by atoms with Crippen LogP contribution < -0.4 is 10.6 Å². The van der Waals surface area contributed by atoms with E-state index in [-0.39, 0.29) is 18.2 Å². The summed E-state index contributed by atoms with van der Waals surface area (Å²) in [5.74, 6) is -0.398. The number of anilines is 1. The first-order valence-electron chi connectivity index (χ1n) is 7.02. The number of carbonyl (C=O) groups is 2. The smallest absolute Gasteiger partial charge is 0.253 e. The van der Waals surface area contributed by atoms with Crippen LogP contribution in [-0.2, 0) is 11.2 Å². The molecular weight excluding hydrogens is 276 g/mol. The highest BCUT2D eigenvalue weighted by atomic mass is 16.2. The monoisotopic (exact) mass is 294 g/mol. The zero-order valence-electron chi connectivity index (χ0n) is 12.2. The van der Waals surface area contributed by atoms with E-state index in [0.29, 0.717) is 17.8 Å². The second-order valence-electron chi connectivity index (χ2n) is 4.75. The van der Waals surface area contributed by atoms with Gasteiger partial charge in [-0.05, 0) is 17.7 Å². The third kappa shape index (κ3) is 4.31.